The third-order valence-corrected chi connectivity index (χ3v) is 4.83. The lowest BCUT2D eigenvalue weighted by Gasteiger charge is -2.44. The number of aromatic nitrogens is 1. The Morgan fingerprint density at radius 3 is 2.74 bits per heavy atom. The Morgan fingerprint density at radius 1 is 1.42 bits per heavy atom. The van der Waals surface area contributed by atoms with Crippen molar-refractivity contribution in [1.29, 1.82) is 0 Å². The molecule has 106 valence electrons. The summed E-state index contributed by atoms with van der Waals surface area (Å²) in [5.41, 5.74) is 9.27. The van der Waals surface area contributed by atoms with E-state index in [2.05, 4.69) is 43.6 Å². The van der Waals surface area contributed by atoms with Gasteiger partial charge < -0.3 is 5.73 Å². The Labute approximate surface area is 117 Å². The van der Waals surface area contributed by atoms with Gasteiger partial charge in [-0.15, -0.1) is 0 Å². The fourth-order valence-electron chi connectivity index (χ4n) is 3.54. The summed E-state index contributed by atoms with van der Waals surface area (Å²) < 4.78 is 0. The van der Waals surface area contributed by atoms with Gasteiger partial charge in [-0.2, -0.15) is 0 Å². The van der Waals surface area contributed by atoms with Crippen molar-refractivity contribution in [3.05, 3.63) is 29.6 Å². The smallest absolute Gasteiger partial charge is 0.0482 e. The minimum absolute atomic E-state index is 0.00724. The molecule has 2 N–H and O–H groups in total. The lowest BCUT2D eigenvalue weighted by Crippen LogP contribution is -2.58. The molecule has 2 rings (SSSR count). The maximum atomic E-state index is 6.64. The fraction of sp³-hybridized carbons (Fsp3) is 0.688. The van der Waals surface area contributed by atoms with E-state index in [1.165, 1.54) is 11.3 Å². The summed E-state index contributed by atoms with van der Waals surface area (Å²) in [6.07, 6.45) is 4.16. The summed E-state index contributed by atoms with van der Waals surface area (Å²) in [5, 5.41) is 0. The van der Waals surface area contributed by atoms with Crippen LogP contribution in [0.4, 0.5) is 0 Å². The van der Waals surface area contributed by atoms with Crippen LogP contribution in [0.25, 0.3) is 0 Å². The van der Waals surface area contributed by atoms with Crippen molar-refractivity contribution >= 4 is 0 Å². The first-order valence-corrected chi connectivity index (χ1v) is 7.46. The third-order valence-electron chi connectivity index (χ3n) is 4.83. The van der Waals surface area contributed by atoms with Gasteiger partial charge in [0.25, 0.3) is 0 Å². The lowest BCUT2D eigenvalue weighted by atomic mass is 9.82. The zero-order valence-corrected chi connectivity index (χ0v) is 12.7. The first-order chi connectivity index (χ1) is 9.02. The van der Waals surface area contributed by atoms with Gasteiger partial charge in [-0.1, -0.05) is 19.9 Å². The van der Waals surface area contributed by atoms with Crippen molar-refractivity contribution in [2.45, 2.75) is 58.0 Å². The molecule has 0 amide bonds. The van der Waals surface area contributed by atoms with Crippen LogP contribution in [0, 0.1) is 0 Å². The highest BCUT2D eigenvalue weighted by atomic mass is 15.2. The van der Waals surface area contributed by atoms with Crippen LogP contribution in [-0.2, 0) is 6.42 Å². The van der Waals surface area contributed by atoms with Crippen LogP contribution >= 0.6 is 0 Å². The summed E-state index contributed by atoms with van der Waals surface area (Å²) in [4.78, 5) is 7.04. The summed E-state index contributed by atoms with van der Waals surface area (Å²) in [5.74, 6) is 0.395. The van der Waals surface area contributed by atoms with E-state index < -0.39 is 0 Å². The molecule has 0 saturated heterocycles. The summed E-state index contributed by atoms with van der Waals surface area (Å²) in [7, 11) is 0. The zero-order valence-electron chi connectivity index (χ0n) is 12.7. The molecule has 2 unspecified atom stereocenters. The second kappa shape index (κ2) is 5.59. The molecule has 0 spiro atoms. The van der Waals surface area contributed by atoms with Gasteiger partial charge in [0.05, 0.1) is 0 Å². The molecule has 1 aliphatic carbocycles. The van der Waals surface area contributed by atoms with Gasteiger partial charge in [0.15, 0.2) is 0 Å². The molecule has 1 aromatic heterocycles. The Hall–Kier alpha value is -0.930. The van der Waals surface area contributed by atoms with Gasteiger partial charge in [0.2, 0.25) is 0 Å². The van der Waals surface area contributed by atoms with E-state index >= 15 is 0 Å². The van der Waals surface area contributed by atoms with Crippen LogP contribution in [0.1, 0.15) is 51.3 Å². The van der Waals surface area contributed by atoms with E-state index in [0.29, 0.717) is 5.92 Å². The number of fused-ring (bicyclic) bond motifs is 1. The first kappa shape index (κ1) is 14.5. The summed E-state index contributed by atoms with van der Waals surface area (Å²) >= 11 is 0. The standard InChI is InChI=1S/C16H27N3/c1-5-19(6-2)16(3,4)15(17)13-10-9-12-8-7-11-18-14(12)13/h7-8,11,13,15H,5-6,9-10,17H2,1-4H3. The average molecular weight is 261 g/mol. The Morgan fingerprint density at radius 2 is 2.11 bits per heavy atom. The van der Waals surface area contributed by atoms with Crippen molar-refractivity contribution in [3.63, 3.8) is 0 Å². The molecule has 3 nitrogen and oxygen atoms in total. The van der Waals surface area contributed by atoms with E-state index in [1.54, 1.807) is 0 Å². The number of nitrogens with zero attached hydrogens (tertiary/aromatic N) is 2. The minimum atomic E-state index is 0.00724. The number of likely N-dealkylation sites (N-methyl/N-ethyl adjacent to an activating group) is 1. The molecule has 0 aliphatic heterocycles. The van der Waals surface area contributed by atoms with Crippen LogP contribution in [0.15, 0.2) is 18.3 Å². The maximum absolute atomic E-state index is 6.64. The number of hydrogen-bond donors (Lipinski definition) is 1. The van der Waals surface area contributed by atoms with Crippen LogP contribution in [-0.4, -0.2) is 34.6 Å². The number of pyridine rings is 1. The molecule has 0 saturated carbocycles. The van der Waals surface area contributed by atoms with Crippen molar-refractivity contribution in [1.82, 2.24) is 9.88 Å². The van der Waals surface area contributed by atoms with E-state index in [-0.39, 0.29) is 11.6 Å². The molecule has 19 heavy (non-hydrogen) atoms. The normalized spacial score (nSPS) is 20.6. The molecule has 0 aromatic carbocycles. The van der Waals surface area contributed by atoms with Crippen molar-refractivity contribution in [3.8, 4) is 0 Å². The molecule has 0 fully saturated rings. The number of aryl methyl sites for hydroxylation is 1. The van der Waals surface area contributed by atoms with E-state index in [4.69, 9.17) is 5.73 Å². The van der Waals surface area contributed by atoms with Crippen LogP contribution < -0.4 is 5.73 Å². The predicted octanol–water partition coefficient (Wildman–Crippen LogP) is 2.56. The molecule has 2 atom stereocenters. The number of nitrogens with two attached hydrogens (primary N) is 1. The Balaban J connectivity index is 2.23. The molecule has 1 aromatic rings. The highest BCUT2D eigenvalue weighted by Gasteiger charge is 2.40. The highest BCUT2D eigenvalue weighted by molar-refractivity contribution is 5.31. The largest absolute Gasteiger partial charge is 0.326 e. The zero-order chi connectivity index (χ0) is 14.0. The van der Waals surface area contributed by atoms with E-state index in [9.17, 15) is 0 Å². The monoisotopic (exact) mass is 261 g/mol. The van der Waals surface area contributed by atoms with Crippen LogP contribution in [0.2, 0.25) is 0 Å². The SMILES string of the molecule is CCN(CC)C(C)(C)C(N)C1CCc2cccnc21. The molecule has 3 heteroatoms. The van der Waals surface area contributed by atoms with Gasteiger partial charge >= 0.3 is 0 Å². The molecule has 1 aliphatic rings. The Kier molecular flexibility index (Phi) is 4.26. The number of rotatable bonds is 5. The van der Waals surface area contributed by atoms with E-state index in [1.807, 2.05) is 12.3 Å². The third kappa shape index (κ3) is 2.54. The van der Waals surface area contributed by atoms with Gasteiger partial charge in [0, 0.05) is 29.4 Å². The van der Waals surface area contributed by atoms with Crippen LogP contribution in [0.3, 0.4) is 0 Å². The van der Waals surface area contributed by atoms with Gasteiger partial charge in [-0.25, -0.2) is 0 Å². The second-order valence-corrected chi connectivity index (χ2v) is 6.04. The fourth-order valence-corrected chi connectivity index (χ4v) is 3.54. The minimum Gasteiger partial charge on any atom is -0.326 e. The first-order valence-electron chi connectivity index (χ1n) is 7.46. The van der Waals surface area contributed by atoms with Crippen molar-refractivity contribution < 1.29 is 0 Å². The molecule has 1 heterocycles. The highest BCUT2D eigenvalue weighted by Crippen LogP contribution is 2.37. The van der Waals surface area contributed by atoms with Crippen molar-refractivity contribution in [2.24, 2.45) is 5.73 Å². The van der Waals surface area contributed by atoms with E-state index in [0.717, 1.165) is 25.9 Å². The van der Waals surface area contributed by atoms with Gasteiger partial charge in [0.1, 0.15) is 0 Å². The van der Waals surface area contributed by atoms with Crippen molar-refractivity contribution in [2.75, 3.05) is 13.1 Å². The van der Waals surface area contributed by atoms with Gasteiger partial charge in [-0.05, 0) is 51.4 Å². The molecular formula is C16H27N3. The second-order valence-electron chi connectivity index (χ2n) is 6.04. The molecular weight excluding hydrogens is 234 g/mol. The topological polar surface area (TPSA) is 42.1 Å². The lowest BCUT2D eigenvalue weighted by molar-refractivity contribution is 0.0952. The molecule has 0 bridgehead atoms. The van der Waals surface area contributed by atoms with Gasteiger partial charge in [-0.3, -0.25) is 9.88 Å². The number of hydrogen-bond acceptors (Lipinski definition) is 3. The Bertz CT molecular complexity index is 424. The molecule has 0 radical (unpaired) electrons. The average Bonchev–Trinajstić information content (AvgIpc) is 2.82. The maximum Gasteiger partial charge on any atom is 0.0482 e. The predicted molar refractivity (Wildman–Crippen MR) is 80.3 cm³/mol. The summed E-state index contributed by atoms with van der Waals surface area (Å²) in [6.45, 7) is 11.0. The summed E-state index contributed by atoms with van der Waals surface area (Å²) in [6, 6.07) is 4.35. The van der Waals surface area contributed by atoms with Crippen LogP contribution in [0.5, 0.6) is 0 Å². The quantitative estimate of drug-likeness (QED) is 0.885.